The van der Waals surface area contributed by atoms with Crippen molar-refractivity contribution in [3.05, 3.63) is 18.0 Å². The van der Waals surface area contributed by atoms with Crippen molar-refractivity contribution in [3.8, 4) is 0 Å². The van der Waals surface area contributed by atoms with Gasteiger partial charge in [0.25, 0.3) is 0 Å². The molecule has 0 fully saturated rings. The van der Waals surface area contributed by atoms with Crippen molar-refractivity contribution in [1.29, 1.82) is 0 Å². The first-order valence-corrected chi connectivity index (χ1v) is 6.61. The molecule has 1 rings (SSSR count). The number of aliphatic hydroxyl groups is 1. The molecule has 0 radical (unpaired) electrons. The maximum atomic E-state index is 9.70. The largest absolute Gasteiger partial charge is 0.393 e. The van der Waals surface area contributed by atoms with Crippen LogP contribution < -0.4 is 0 Å². The van der Waals surface area contributed by atoms with E-state index in [1.165, 1.54) is 5.56 Å². The van der Waals surface area contributed by atoms with E-state index in [9.17, 15) is 5.11 Å². The number of rotatable bonds is 7. The summed E-state index contributed by atoms with van der Waals surface area (Å²) in [6, 6.07) is 0. The van der Waals surface area contributed by atoms with Crippen LogP contribution in [0.2, 0.25) is 0 Å². The van der Waals surface area contributed by atoms with Gasteiger partial charge in [0, 0.05) is 13.2 Å². The first-order chi connectivity index (χ1) is 7.22. The fourth-order valence-electron chi connectivity index (χ4n) is 1.44. The lowest BCUT2D eigenvalue weighted by atomic mass is 10.1. The molecule has 86 valence electrons. The molecule has 3 nitrogen and oxygen atoms in total. The zero-order valence-electron chi connectivity index (χ0n) is 9.52. The van der Waals surface area contributed by atoms with Gasteiger partial charge in [-0.05, 0) is 36.3 Å². The number of hydrogen-bond acceptors (Lipinski definition) is 3. The molecule has 0 amide bonds. The zero-order chi connectivity index (χ0) is 11.1. The fourth-order valence-corrected chi connectivity index (χ4v) is 2.17. The Bertz CT molecular complexity index is 275. The van der Waals surface area contributed by atoms with E-state index >= 15 is 0 Å². The van der Waals surface area contributed by atoms with E-state index in [2.05, 4.69) is 12.0 Å². The maximum absolute atomic E-state index is 9.70. The molecule has 1 N–H and O–H groups in total. The Labute approximate surface area is 95.9 Å². The van der Waals surface area contributed by atoms with Gasteiger partial charge in [0.15, 0.2) is 0 Å². The molecule has 4 heteroatoms. The summed E-state index contributed by atoms with van der Waals surface area (Å²) < 4.78 is 1.80. The molecule has 1 aromatic heterocycles. The van der Waals surface area contributed by atoms with E-state index in [-0.39, 0.29) is 6.10 Å². The third kappa shape index (κ3) is 5.23. The Kier molecular flexibility index (Phi) is 5.79. The van der Waals surface area contributed by atoms with Crippen molar-refractivity contribution in [3.63, 3.8) is 0 Å². The van der Waals surface area contributed by atoms with Crippen LogP contribution in [-0.2, 0) is 13.5 Å². The van der Waals surface area contributed by atoms with E-state index in [0.29, 0.717) is 0 Å². The Morgan fingerprint density at radius 2 is 2.33 bits per heavy atom. The molecule has 0 aliphatic heterocycles. The van der Waals surface area contributed by atoms with Gasteiger partial charge in [0.1, 0.15) is 0 Å². The van der Waals surface area contributed by atoms with Crippen LogP contribution in [-0.4, -0.2) is 32.5 Å². The molecule has 15 heavy (non-hydrogen) atoms. The number of thioether (sulfide) groups is 1. The third-order valence-electron chi connectivity index (χ3n) is 2.32. The molecule has 0 saturated carbocycles. The zero-order valence-corrected chi connectivity index (χ0v) is 10.3. The number of aliphatic hydroxyl groups excluding tert-OH is 1. The minimum Gasteiger partial charge on any atom is -0.393 e. The highest BCUT2D eigenvalue weighted by molar-refractivity contribution is 7.99. The highest BCUT2D eigenvalue weighted by Crippen LogP contribution is 2.09. The molecule has 0 aliphatic rings. The predicted molar refractivity (Wildman–Crippen MR) is 65.2 cm³/mol. The summed E-state index contributed by atoms with van der Waals surface area (Å²) in [7, 11) is 1.91. The monoisotopic (exact) mass is 228 g/mol. The van der Waals surface area contributed by atoms with Gasteiger partial charge in [-0.3, -0.25) is 4.68 Å². The van der Waals surface area contributed by atoms with Crippen LogP contribution in [0.3, 0.4) is 0 Å². The van der Waals surface area contributed by atoms with Crippen molar-refractivity contribution in [2.75, 3.05) is 11.5 Å². The van der Waals surface area contributed by atoms with E-state index in [0.717, 1.165) is 30.8 Å². The van der Waals surface area contributed by atoms with E-state index in [1.54, 1.807) is 4.68 Å². The summed E-state index contributed by atoms with van der Waals surface area (Å²) in [4.78, 5) is 0. The van der Waals surface area contributed by atoms with Crippen LogP contribution in [0.5, 0.6) is 0 Å². The van der Waals surface area contributed by atoms with E-state index in [1.807, 2.05) is 31.2 Å². The van der Waals surface area contributed by atoms with Crippen LogP contribution in [0.25, 0.3) is 0 Å². The normalized spacial score (nSPS) is 13.0. The lowest BCUT2D eigenvalue weighted by molar-refractivity contribution is 0.162. The minimum atomic E-state index is -0.163. The van der Waals surface area contributed by atoms with Crippen LogP contribution in [0, 0.1) is 0 Å². The smallest absolute Gasteiger partial charge is 0.0551 e. The Morgan fingerprint density at radius 3 is 2.93 bits per heavy atom. The number of aromatic nitrogens is 2. The van der Waals surface area contributed by atoms with Crippen LogP contribution >= 0.6 is 11.8 Å². The van der Waals surface area contributed by atoms with Crippen molar-refractivity contribution in [1.82, 2.24) is 9.78 Å². The molecule has 0 aliphatic carbocycles. The SMILES string of the molecule is CCSCCC(O)CCc1cnn(C)c1. The average molecular weight is 228 g/mol. The van der Waals surface area contributed by atoms with Crippen LogP contribution in [0.4, 0.5) is 0 Å². The second-order valence-corrected chi connectivity index (χ2v) is 5.09. The van der Waals surface area contributed by atoms with Gasteiger partial charge in [-0.2, -0.15) is 16.9 Å². The molecule has 1 atom stereocenters. The van der Waals surface area contributed by atoms with Crippen molar-refractivity contribution in [2.45, 2.75) is 32.3 Å². The summed E-state index contributed by atoms with van der Waals surface area (Å²) in [5, 5.41) is 13.8. The van der Waals surface area contributed by atoms with Gasteiger partial charge < -0.3 is 5.11 Å². The fraction of sp³-hybridized carbons (Fsp3) is 0.727. The molecule has 1 heterocycles. The van der Waals surface area contributed by atoms with Gasteiger partial charge in [0.2, 0.25) is 0 Å². The second kappa shape index (κ2) is 6.90. The number of hydrogen-bond donors (Lipinski definition) is 1. The summed E-state index contributed by atoms with van der Waals surface area (Å²) in [6.07, 6.45) is 6.38. The van der Waals surface area contributed by atoms with Gasteiger partial charge in [-0.1, -0.05) is 6.92 Å². The molecule has 1 unspecified atom stereocenters. The van der Waals surface area contributed by atoms with Crippen molar-refractivity contribution >= 4 is 11.8 Å². The van der Waals surface area contributed by atoms with Crippen molar-refractivity contribution in [2.24, 2.45) is 7.05 Å². The summed E-state index contributed by atoms with van der Waals surface area (Å²) >= 11 is 1.89. The van der Waals surface area contributed by atoms with Crippen molar-refractivity contribution < 1.29 is 5.11 Å². The van der Waals surface area contributed by atoms with Gasteiger partial charge in [-0.15, -0.1) is 0 Å². The standard InChI is InChI=1S/C11H20N2OS/c1-3-15-7-6-11(14)5-4-10-8-12-13(2)9-10/h8-9,11,14H,3-7H2,1-2H3. The maximum Gasteiger partial charge on any atom is 0.0551 e. The summed E-state index contributed by atoms with van der Waals surface area (Å²) in [6.45, 7) is 2.15. The average Bonchev–Trinajstić information content (AvgIpc) is 2.62. The molecular formula is C11H20N2OS. The Hall–Kier alpha value is -0.480. The Morgan fingerprint density at radius 1 is 1.53 bits per heavy atom. The Balaban J connectivity index is 2.13. The summed E-state index contributed by atoms with van der Waals surface area (Å²) in [5.41, 5.74) is 1.21. The lowest BCUT2D eigenvalue weighted by Crippen LogP contribution is -2.09. The predicted octanol–water partition coefficient (Wildman–Crippen LogP) is 1.86. The highest BCUT2D eigenvalue weighted by atomic mass is 32.2. The molecule has 0 aromatic carbocycles. The first-order valence-electron chi connectivity index (χ1n) is 5.45. The van der Waals surface area contributed by atoms with Crippen LogP contribution in [0.15, 0.2) is 12.4 Å². The number of nitrogens with zero attached hydrogens (tertiary/aromatic N) is 2. The molecule has 0 bridgehead atoms. The quantitative estimate of drug-likeness (QED) is 0.724. The molecule has 1 aromatic rings. The first kappa shape index (κ1) is 12.6. The molecule has 0 saturated heterocycles. The minimum absolute atomic E-state index is 0.163. The molecule has 0 spiro atoms. The van der Waals surface area contributed by atoms with E-state index < -0.39 is 0 Å². The lowest BCUT2D eigenvalue weighted by Gasteiger charge is -2.08. The molecular weight excluding hydrogens is 208 g/mol. The third-order valence-corrected chi connectivity index (χ3v) is 3.26. The number of aryl methyl sites for hydroxylation is 2. The van der Waals surface area contributed by atoms with Gasteiger partial charge in [0.05, 0.1) is 12.3 Å². The topological polar surface area (TPSA) is 38.1 Å². The van der Waals surface area contributed by atoms with Gasteiger partial charge >= 0.3 is 0 Å². The summed E-state index contributed by atoms with van der Waals surface area (Å²) in [5.74, 6) is 2.19. The highest BCUT2D eigenvalue weighted by Gasteiger charge is 2.05. The van der Waals surface area contributed by atoms with Gasteiger partial charge in [-0.25, -0.2) is 0 Å². The second-order valence-electron chi connectivity index (χ2n) is 3.70. The van der Waals surface area contributed by atoms with E-state index in [4.69, 9.17) is 0 Å². The van der Waals surface area contributed by atoms with Crippen LogP contribution in [0.1, 0.15) is 25.3 Å².